The third kappa shape index (κ3) is 5.55. The van der Waals surface area contributed by atoms with Gasteiger partial charge in [-0.2, -0.15) is 16.8 Å². The minimum absolute atomic E-state index is 0.0698. The molecule has 0 bridgehead atoms. The molecule has 4 aromatic carbocycles. The molecule has 0 aliphatic heterocycles. The van der Waals surface area contributed by atoms with Gasteiger partial charge in [-0.25, -0.2) is 0 Å². The molecule has 264 valence electrons. The lowest BCUT2D eigenvalue weighted by molar-refractivity contribution is -0.124. The Labute approximate surface area is 295 Å². The van der Waals surface area contributed by atoms with Crippen molar-refractivity contribution in [1.82, 2.24) is 0 Å². The Morgan fingerprint density at radius 1 is 0.680 bits per heavy atom. The molecule has 2 unspecified atom stereocenters. The zero-order valence-electron chi connectivity index (χ0n) is 28.6. The summed E-state index contributed by atoms with van der Waals surface area (Å²) in [7, 11) is -8.76. The number of rotatable bonds is 5. The Balaban J connectivity index is 1.21. The van der Waals surface area contributed by atoms with E-state index < -0.39 is 20.2 Å². The molecule has 7 nitrogen and oxygen atoms in total. The van der Waals surface area contributed by atoms with Crippen LogP contribution in [-0.2, 0) is 20.2 Å². The number of fused-ring (bicyclic) bond motifs is 7. The molecule has 0 spiro atoms. The molecule has 4 aromatic rings. The molecule has 9 heteroatoms. The van der Waals surface area contributed by atoms with Crippen LogP contribution in [0.3, 0.4) is 0 Å². The van der Waals surface area contributed by atoms with Crippen molar-refractivity contribution in [2.75, 3.05) is 0 Å². The Hall–Kier alpha value is -3.08. The highest BCUT2D eigenvalue weighted by Crippen LogP contribution is 2.66. The predicted molar refractivity (Wildman–Crippen MR) is 196 cm³/mol. The first-order valence-corrected chi connectivity index (χ1v) is 21.0. The summed E-state index contributed by atoms with van der Waals surface area (Å²) >= 11 is 0. The summed E-state index contributed by atoms with van der Waals surface area (Å²) in [5.41, 5.74) is 3.20. The van der Waals surface area contributed by atoms with Crippen LogP contribution in [0, 0.1) is 40.4 Å². The van der Waals surface area contributed by atoms with Gasteiger partial charge in [-0.1, -0.05) is 68.5 Å². The largest absolute Gasteiger partial charge is 0.393 e. The molecule has 8 rings (SSSR count). The number of allylic oxidation sites excluding steroid dienone is 1. The van der Waals surface area contributed by atoms with Gasteiger partial charge in [0, 0.05) is 0 Å². The number of benzene rings is 4. The van der Waals surface area contributed by atoms with Crippen molar-refractivity contribution in [2.24, 2.45) is 40.4 Å². The van der Waals surface area contributed by atoms with Crippen LogP contribution in [0.5, 0.6) is 0 Å². The van der Waals surface area contributed by atoms with Gasteiger partial charge in [0.1, 0.15) is 0 Å². The fraction of sp³-hybridized carbons (Fsp3) is 0.463. The summed E-state index contributed by atoms with van der Waals surface area (Å²) < 4.78 is 67.6. The lowest BCUT2D eigenvalue weighted by Crippen LogP contribution is -2.53. The third-order valence-electron chi connectivity index (χ3n) is 13.9. The van der Waals surface area contributed by atoms with Gasteiger partial charge in [0.05, 0.1) is 15.9 Å². The zero-order chi connectivity index (χ0) is 35.2. The molecule has 0 heterocycles. The summed E-state index contributed by atoms with van der Waals surface area (Å²) in [5.74, 6) is 2.92. The van der Waals surface area contributed by atoms with Crippen molar-refractivity contribution in [3.63, 3.8) is 0 Å². The fourth-order valence-electron chi connectivity index (χ4n) is 11.3. The van der Waals surface area contributed by atoms with E-state index in [9.17, 15) is 31.0 Å². The maximum Gasteiger partial charge on any atom is 0.294 e. The van der Waals surface area contributed by atoms with Crippen LogP contribution in [0.2, 0.25) is 0 Å². The van der Waals surface area contributed by atoms with E-state index in [-0.39, 0.29) is 26.7 Å². The first kappa shape index (κ1) is 34.0. The van der Waals surface area contributed by atoms with Crippen LogP contribution >= 0.6 is 0 Å². The van der Waals surface area contributed by atoms with Crippen LogP contribution in [0.15, 0.2) is 88.7 Å². The molecule has 50 heavy (non-hydrogen) atoms. The van der Waals surface area contributed by atoms with Gasteiger partial charge in [-0.05, 0) is 161 Å². The first-order valence-electron chi connectivity index (χ1n) is 18.1. The molecule has 0 aromatic heterocycles. The maximum atomic E-state index is 12.0. The van der Waals surface area contributed by atoms with E-state index in [2.05, 4.69) is 19.9 Å². The summed E-state index contributed by atoms with van der Waals surface area (Å²) in [4.78, 5) is -0.319. The van der Waals surface area contributed by atoms with Crippen LogP contribution in [-0.4, -0.2) is 37.2 Å². The molecule has 8 atom stereocenters. The van der Waals surface area contributed by atoms with Crippen molar-refractivity contribution in [3.8, 4) is 0 Å². The Kier molecular flexibility index (Phi) is 8.16. The first-order chi connectivity index (χ1) is 23.7. The molecule has 4 fully saturated rings. The van der Waals surface area contributed by atoms with Crippen LogP contribution < -0.4 is 0 Å². The fourth-order valence-corrected chi connectivity index (χ4v) is 12.3. The van der Waals surface area contributed by atoms with Gasteiger partial charge in [0.15, 0.2) is 0 Å². The van der Waals surface area contributed by atoms with Crippen molar-refractivity contribution < 1.29 is 31.0 Å². The topological polar surface area (TPSA) is 129 Å². The van der Waals surface area contributed by atoms with Crippen molar-refractivity contribution >= 4 is 47.4 Å². The highest BCUT2D eigenvalue weighted by atomic mass is 32.2. The van der Waals surface area contributed by atoms with E-state index in [1.54, 1.807) is 12.1 Å². The molecule has 0 radical (unpaired) electrons. The molecule has 4 saturated carbocycles. The van der Waals surface area contributed by atoms with Gasteiger partial charge < -0.3 is 5.11 Å². The Bertz CT molecular complexity index is 2140. The number of aliphatic hydroxyl groups excluding tert-OH is 1. The number of aliphatic hydroxyl groups is 1. The SMILES string of the molecule is C[C@]12CC[C@H]3[C@@H](CCC4CC(C=C(c5cccc6cc(S(=O)(=O)O)ccc56)c5cccc6cc(S(=O)(=O)O)ccc56)CC[C@@]43C)[C@@H]1CC[C@@H]2O. The van der Waals surface area contributed by atoms with Crippen LogP contribution in [0.25, 0.3) is 27.1 Å². The minimum atomic E-state index is -4.38. The van der Waals surface area contributed by atoms with E-state index in [0.717, 1.165) is 66.0 Å². The van der Waals surface area contributed by atoms with Crippen LogP contribution in [0.4, 0.5) is 0 Å². The van der Waals surface area contributed by atoms with Gasteiger partial charge >= 0.3 is 0 Å². The van der Waals surface area contributed by atoms with Crippen LogP contribution in [0.1, 0.15) is 82.8 Å². The van der Waals surface area contributed by atoms with Crippen molar-refractivity contribution in [3.05, 3.63) is 90.0 Å². The predicted octanol–water partition coefficient (Wildman–Crippen LogP) is 8.94. The lowest BCUT2D eigenvalue weighted by atomic mass is 9.44. The second kappa shape index (κ2) is 12.0. The van der Waals surface area contributed by atoms with Gasteiger partial charge in [0.2, 0.25) is 0 Å². The lowest BCUT2D eigenvalue weighted by Gasteiger charge is -2.61. The Morgan fingerprint density at radius 3 is 1.82 bits per heavy atom. The van der Waals surface area contributed by atoms with E-state index >= 15 is 0 Å². The summed E-state index contributed by atoms with van der Waals surface area (Å²) in [6.07, 6.45) is 12.4. The third-order valence-corrected chi connectivity index (χ3v) is 15.6. The average molecular weight is 715 g/mol. The average Bonchev–Trinajstić information content (AvgIpc) is 3.39. The monoisotopic (exact) mass is 714 g/mol. The van der Waals surface area contributed by atoms with E-state index in [1.165, 1.54) is 43.5 Å². The molecular weight excluding hydrogens is 669 g/mol. The standard InChI is InChI=1S/C41H46O7S2/c1-40-19-17-25(21-28(40)9-12-35-37-15-16-39(42)41(37,2)20-18-38(35)40)22-36(33-7-3-5-26-23-29(49(43,44)45)10-13-31(26)33)34-8-4-6-27-24-30(50(46,47)48)11-14-32(27)34/h3-8,10-11,13-14,22-25,28,35,37-39,42H,9,12,15-21H2,1-2H3,(H,43,44,45)(H,46,47,48)/t25?,28?,35-,37-,38-,39-,40-,41-/m0/s1. The Morgan fingerprint density at radius 2 is 1.24 bits per heavy atom. The molecule has 4 aliphatic carbocycles. The molecule has 0 amide bonds. The molecular formula is C41H46O7S2. The molecule has 3 N–H and O–H groups in total. The second-order valence-corrected chi connectivity index (χ2v) is 19.1. The second-order valence-electron chi connectivity index (χ2n) is 16.2. The summed E-state index contributed by atoms with van der Waals surface area (Å²) in [6.45, 7) is 4.90. The zero-order valence-corrected chi connectivity index (χ0v) is 30.3. The van der Waals surface area contributed by atoms with E-state index in [1.807, 2.05) is 36.4 Å². The van der Waals surface area contributed by atoms with E-state index in [4.69, 9.17) is 0 Å². The normalized spacial score (nSPS) is 32.7. The van der Waals surface area contributed by atoms with Gasteiger partial charge in [-0.3, -0.25) is 9.11 Å². The molecule has 4 aliphatic rings. The quantitative estimate of drug-likeness (QED) is 0.176. The van der Waals surface area contributed by atoms with Crippen molar-refractivity contribution in [1.29, 1.82) is 0 Å². The summed E-state index contributed by atoms with van der Waals surface area (Å²) in [5, 5.41) is 14.0. The highest BCUT2D eigenvalue weighted by Gasteiger charge is 2.60. The smallest absolute Gasteiger partial charge is 0.294 e. The number of hydrogen-bond acceptors (Lipinski definition) is 5. The molecule has 0 saturated heterocycles. The number of hydrogen-bond donors (Lipinski definition) is 3. The maximum absolute atomic E-state index is 12.0. The van der Waals surface area contributed by atoms with Gasteiger partial charge in [-0.15, -0.1) is 0 Å². The summed E-state index contributed by atoms with van der Waals surface area (Å²) in [6, 6.07) is 20.9. The van der Waals surface area contributed by atoms with Gasteiger partial charge in [0.25, 0.3) is 20.2 Å². The van der Waals surface area contributed by atoms with Crippen molar-refractivity contribution in [2.45, 2.75) is 87.5 Å². The minimum Gasteiger partial charge on any atom is -0.393 e. The highest BCUT2D eigenvalue weighted by molar-refractivity contribution is 7.86. The van der Waals surface area contributed by atoms with E-state index in [0.29, 0.717) is 40.4 Å².